The summed E-state index contributed by atoms with van der Waals surface area (Å²) in [5.74, 6) is -1.00. The van der Waals surface area contributed by atoms with Gasteiger partial charge in [0.05, 0.1) is 12.6 Å². The molecule has 1 rings (SSSR count). The third kappa shape index (κ3) is 7.76. The highest BCUT2D eigenvalue weighted by Gasteiger charge is 2.17. The smallest absolute Gasteiger partial charge is 0.239 e. The van der Waals surface area contributed by atoms with E-state index in [0.29, 0.717) is 12.0 Å². The first kappa shape index (κ1) is 21.8. The Morgan fingerprint density at radius 3 is 2.57 bits per heavy atom. The average Bonchev–Trinajstić information content (AvgIpc) is 2.47. The first-order chi connectivity index (χ1) is 10.3. The van der Waals surface area contributed by atoms with Gasteiger partial charge in [-0.1, -0.05) is 29.8 Å². The lowest BCUT2D eigenvalue weighted by Crippen LogP contribution is -2.47. The maximum atomic E-state index is 13.5. The fourth-order valence-corrected chi connectivity index (χ4v) is 2.13. The van der Waals surface area contributed by atoms with Gasteiger partial charge in [-0.2, -0.15) is 0 Å². The summed E-state index contributed by atoms with van der Waals surface area (Å²) in [6, 6.07) is 4.02. The first-order valence-corrected chi connectivity index (χ1v) is 7.84. The summed E-state index contributed by atoms with van der Waals surface area (Å²) in [7, 11) is 0. The van der Waals surface area contributed by atoms with E-state index < -0.39 is 6.04 Å². The van der Waals surface area contributed by atoms with Crippen molar-refractivity contribution in [3.63, 3.8) is 0 Å². The molecule has 0 bridgehead atoms. The Kier molecular flexibility index (Phi) is 10.0. The lowest BCUT2D eigenvalue weighted by Gasteiger charge is -2.15. The Morgan fingerprint density at radius 1 is 1.30 bits per heavy atom. The molecule has 5 nitrogen and oxygen atoms in total. The number of hydrogen-bond donors (Lipinski definition) is 3. The summed E-state index contributed by atoms with van der Waals surface area (Å²) >= 11 is 3.27. The second-order valence-electron chi connectivity index (χ2n) is 5.32. The molecule has 0 radical (unpaired) electrons. The maximum absolute atomic E-state index is 13.5. The van der Waals surface area contributed by atoms with E-state index in [2.05, 4.69) is 26.6 Å². The molecular weight excluding hydrogens is 389 g/mol. The largest absolute Gasteiger partial charge is 0.354 e. The monoisotopic (exact) mass is 409 g/mol. The maximum Gasteiger partial charge on any atom is 0.239 e. The van der Waals surface area contributed by atoms with Crippen LogP contribution in [-0.2, 0) is 16.0 Å². The summed E-state index contributed by atoms with van der Waals surface area (Å²) in [5.41, 5.74) is 6.18. The SMILES string of the molecule is CC(C)[C@H](N)C(=O)NCC(=O)NCCc1cc(Br)ccc1F.Cl. The number of nitrogens with two attached hydrogens (primary N) is 1. The molecular formula is C15H22BrClFN3O2. The van der Waals surface area contributed by atoms with Crippen molar-refractivity contribution in [1.82, 2.24) is 10.6 Å². The minimum Gasteiger partial charge on any atom is -0.354 e. The van der Waals surface area contributed by atoms with Crippen LogP contribution in [0, 0.1) is 11.7 Å². The van der Waals surface area contributed by atoms with Gasteiger partial charge in [-0.25, -0.2) is 4.39 Å². The summed E-state index contributed by atoms with van der Waals surface area (Å²) in [4.78, 5) is 23.2. The van der Waals surface area contributed by atoms with Gasteiger partial charge in [0.15, 0.2) is 0 Å². The molecule has 0 aliphatic heterocycles. The van der Waals surface area contributed by atoms with Crippen LogP contribution in [0.25, 0.3) is 0 Å². The third-order valence-electron chi connectivity index (χ3n) is 3.17. The highest BCUT2D eigenvalue weighted by molar-refractivity contribution is 9.10. The van der Waals surface area contributed by atoms with Crippen LogP contribution in [0.2, 0.25) is 0 Å². The summed E-state index contributed by atoms with van der Waals surface area (Å²) < 4.78 is 14.3. The van der Waals surface area contributed by atoms with Crippen LogP contribution in [-0.4, -0.2) is 30.9 Å². The van der Waals surface area contributed by atoms with Crippen LogP contribution in [0.15, 0.2) is 22.7 Å². The Bertz CT molecular complexity index is 543. The van der Waals surface area contributed by atoms with Gasteiger partial charge < -0.3 is 16.4 Å². The van der Waals surface area contributed by atoms with Crippen molar-refractivity contribution in [3.8, 4) is 0 Å². The predicted molar refractivity (Wildman–Crippen MR) is 93.9 cm³/mol. The van der Waals surface area contributed by atoms with Gasteiger partial charge >= 0.3 is 0 Å². The van der Waals surface area contributed by atoms with E-state index in [4.69, 9.17) is 5.73 Å². The zero-order valence-electron chi connectivity index (χ0n) is 13.1. The molecule has 0 saturated carbocycles. The zero-order valence-corrected chi connectivity index (χ0v) is 15.5. The lowest BCUT2D eigenvalue weighted by atomic mass is 10.1. The summed E-state index contributed by atoms with van der Waals surface area (Å²) in [6.07, 6.45) is 0.371. The lowest BCUT2D eigenvalue weighted by molar-refractivity contribution is -0.127. The topological polar surface area (TPSA) is 84.2 Å². The molecule has 1 atom stereocenters. The minimum absolute atomic E-state index is 0. The molecule has 0 fully saturated rings. The van der Waals surface area contributed by atoms with Crippen LogP contribution in [0.1, 0.15) is 19.4 Å². The Balaban J connectivity index is 0.00000484. The molecule has 1 aromatic carbocycles. The second kappa shape index (κ2) is 10.6. The number of carbonyl (C=O) groups is 2. The van der Waals surface area contributed by atoms with E-state index in [-0.39, 0.29) is 49.0 Å². The van der Waals surface area contributed by atoms with Crippen molar-refractivity contribution in [2.45, 2.75) is 26.3 Å². The summed E-state index contributed by atoms with van der Waals surface area (Å²) in [5, 5.41) is 5.10. The Hall–Kier alpha value is -1.18. The molecule has 4 N–H and O–H groups in total. The molecule has 0 unspecified atom stereocenters. The zero-order chi connectivity index (χ0) is 16.7. The number of hydrogen-bond acceptors (Lipinski definition) is 3. The predicted octanol–water partition coefficient (Wildman–Crippen LogP) is 1.77. The normalized spacial score (nSPS) is 11.6. The van der Waals surface area contributed by atoms with Crippen molar-refractivity contribution in [1.29, 1.82) is 0 Å². The van der Waals surface area contributed by atoms with Crippen molar-refractivity contribution < 1.29 is 14.0 Å². The fraction of sp³-hybridized carbons (Fsp3) is 0.467. The molecule has 2 amide bonds. The molecule has 0 saturated heterocycles. The summed E-state index contributed by atoms with van der Waals surface area (Å²) in [6.45, 7) is 3.81. The fourth-order valence-electron chi connectivity index (χ4n) is 1.72. The van der Waals surface area contributed by atoms with E-state index in [1.807, 2.05) is 13.8 Å². The van der Waals surface area contributed by atoms with Crippen LogP contribution >= 0.6 is 28.3 Å². The molecule has 130 valence electrons. The van der Waals surface area contributed by atoms with Gasteiger partial charge in [0.2, 0.25) is 11.8 Å². The van der Waals surface area contributed by atoms with Crippen LogP contribution in [0.4, 0.5) is 4.39 Å². The van der Waals surface area contributed by atoms with E-state index in [9.17, 15) is 14.0 Å². The van der Waals surface area contributed by atoms with Crippen molar-refractivity contribution in [2.24, 2.45) is 11.7 Å². The minimum atomic E-state index is -0.636. The molecule has 0 aliphatic rings. The van der Waals surface area contributed by atoms with Gasteiger partial charge in [-0.3, -0.25) is 9.59 Å². The highest BCUT2D eigenvalue weighted by atomic mass is 79.9. The van der Waals surface area contributed by atoms with Crippen LogP contribution in [0.5, 0.6) is 0 Å². The molecule has 0 aromatic heterocycles. The number of nitrogens with one attached hydrogen (secondary N) is 2. The average molecular weight is 411 g/mol. The second-order valence-corrected chi connectivity index (χ2v) is 6.24. The molecule has 0 aliphatic carbocycles. The molecule has 23 heavy (non-hydrogen) atoms. The molecule has 0 spiro atoms. The van der Waals surface area contributed by atoms with Gasteiger partial charge in [-0.15, -0.1) is 12.4 Å². The number of rotatable bonds is 7. The van der Waals surface area contributed by atoms with Gasteiger partial charge in [0.25, 0.3) is 0 Å². The van der Waals surface area contributed by atoms with Crippen molar-refractivity contribution >= 4 is 40.2 Å². The number of carbonyl (C=O) groups excluding carboxylic acids is 2. The van der Waals surface area contributed by atoms with E-state index >= 15 is 0 Å². The van der Waals surface area contributed by atoms with Gasteiger partial charge in [-0.05, 0) is 36.1 Å². The van der Waals surface area contributed by atoms with Crippen molar-refractivity contribution in [2.75, 3.05) is 13.1 Å². The number of benzene rings is 1. The van der Waals surface area contributed by atoms with Gasteiger partial charge in [0, 0.05) is 11.0 Å². The molecule has 1 aromatic rings. The first-order valence-electron chi connectivity index (χ1n) is 7.05. The number of halogens is 3. The highest BCUT2D eigenvalue weighted by Crippen LogP contribution is 2.15. The Labute approximate surface area is 150 Å². The quantitative estimate of drug-likeness (QED) is 0.640. The molecule has 0 heterocycles. The van der Waals surface area contributed by atoms with Gasteiger partial charge in [0.1, 0.15) is 5.82 Å². The molecule has 8 heteroatoms. The standard InChI is InChI=1S/C15H21BrFN3O2.ClH/c1-9(2)14(18)15(22)20-8-13(21)19-6-5-10-7-11(16)3-4-12(10)17;/h3-4,7,9,14H,5-6,8,18H2,1-2H3,(H,19,21)(H,20,22);1H/t14-;/m0./s1. The van der Waals surface area contributed by atoms with E-state index in [0.717, 1.165) is 4.47 Å². The van der Waals surface area contributed by atoms with E-state index in [1.54, 1.807) is 12.1 Å². The number of amides is 2. The third-order valence-corrected chi connectivity index (χ3v) is 3.66. The van der Waals surface area contributed by atoms with Crippen molar-refractivity contribution in [3.05, 3.63) is 34.1 Å². The van der Waals surface area contributed by atoms with E-state index in [1.165, 1.54) is 6.07 Å². The Morgan fingerprint density at radius 2 is 1.96 bits per heavy atom. The van der Waals surface area contributed by atoms with Crippen LogP contribution < -0.4 is 16.4 Å². The van der Waals surface area contributed by atoms with Crippen LogP contribution in [0.3, 0.4) is 0 Å².